The first-order valence-corrected chi connectivity index (χ1v) is 5.98. The van der Waals surface area contributed by atoms with Gasteiger partial charge in [-0.25, -0.2) is 14.6 Å². The van der Waals surface area contributed by atoms with Gasteiger partial charge in [0.05, 0.1) is 5.52 Å². The number of hydrogen-bond acceptors (Lipinski definition) is 4. The molecular weight excluding hydrogens is 262 g/mol. The van der Waals surface area contributed by atoms with Gasteiger partial charge in [0, 0.05) is 6.20 Å². The summed E-state index contributed by atoms with van der Waals surface area (Å²) in [5, 5.41) is 11.5. The topological polar surface area (TPSA) is 92.9 Å². The average Bonchev–Trinajstić information content (AvgIpc) is 2.66. The van der Waals surface area contributed by atoms with Crippen molar-refractivity contribution in [2.45, 2.75) is 26.4 Å². The van der Waals surface area contributed by atoms with Crippen molar-refractivity contribution in [1.29, 1.82) is 0 Å². The molecule has 0 spiro atoms. The molecule has 1 amide bonds. The molecule has 2 rings (SSSR count). The molecule has 0 aromatic carbocycles. The maximum atomic E-state index is 11.7. The zero-order valence-corrected chi connectivity index (χ0v) is 11.4. The third-order valence-corrected chi connectivity index (χ3v) is 2.36. The van der Waals surface area contributed by atoms with E-state index in [1.165, 1.54) is 4.40 Å². The van der Waals surface area contributed by atoms with Gasteiger partial charge in [0.25, 0.3) is 0 Å². The van der Waals surface area contributed by atoms with Crippen molar-refractivity contribution in [2.24, 2.45) is 0 Å². The Morgan fingerprint density at radius 2 is 2.05 bits per heavy atom. The van der Waals surface area contributed by atoms with Crippen LogP contribution in [0.25, 0.3) is 5.52 Å². The number of carbonyl (C=O) groups is 2. The van der Waals surface area contributed by atoms with E-state index < -0.39 is 17.7 Å². The van der Waals surface area contributed by atoms with Crippen LogP contribution in [0.4, 0.5) is 10.7 Å². The Bertz CT molecular complexity index is 670. The van der Waals surface area contributed by atoms with E-state index in [1.807, 2.05) is 0 Å². The molecule has 0 radical (unpaired) electrons. The number of hydrogen-bond donors (Lipinski definition) is 2. The standard InChI is InChI=1S/C13H15N3O4/c1-13(2,3)20-12(19)15-11-14-9(10(17)18)8-6-4-5-7-16(8)11/h4-7H,1-3H3,(H,17,18)(H,14,15,19). The first kappa shape index (κ1) is 13.9. The number of nitrogens with one attached hydrogen (secondary N) is 1. The SMILES string of the molecule is CC(C)(C)OC(=O)Nc1nc(C(=O)O)c2ccccn12. The number of aromatic nitrogens is 2. The average molecular weight is 277 g/mol. The van der Waals surface area contributed by atoms with E-state index in [4.69, 9.17) is 9.84 Å². The maximum absolute atomic E-state index is 11.7. The Morgan fingerprint density at radius 3 is 2.65 bits per heavy atom. The second-order valence-corrected chi connectivity index (χ2v) is 5.17. The van der Waals surface area contributed by atoms with Crippen LogP contribution < -0.4 is 5.32 Å². The van der Waals surface area contributed by atoms with E-state index in [9.17, 15) is 9.59 Å². The van der Waals surface area contributed by atoms with Gasteiger partial charge in [-0.2, -0.15) is 0 Å². The first-order valence-electron chi connectivity index (χ1n) is 5.98. The van der Waals surface area contributed by atoms with Crippen LogP contribution >= 0.6 is 0 Å². The number of amides is 1. The molecule has 0 aliphatic carbocycles. The Hall–Kier alpha value is -2.57. The van der Waals surface area contributed by atoms with E-state index >= 15 is 0 Å². The summed E-state index contributed by atoms with van der Waals surface area (Å²) in [5.41, 5.74) is -0.380. The first-order chi connectivity index (χ1) is 9.28. The summed E-state index contributed by atoms with van der Waals surface area (Å²) in [7, 11) is 0. The van der Waals surface area contributed by atoms with Crippen molar-refractivity contribution in [3.05, 3.63) is 30.1 Å². The van der Waals surface area contributed by atoms with Gasteiger partial charge in [-0.1, -0.05) is 6.07 Å². The van der Waals surface area contributed by atoms with Crippen LogP contribution in [0.3, 0.4) is 0 Å². The Labute approximate surface area is 115 Å². The van der Waals surface area contributed by atoms with Crippen molar-refractivity contribution in [2.75, 3.05) is 5.32 Å². The summed E-state index contributed by atoms with van der Waals surface area (Å²) in [6.45, 7) is 5.21. The monoisotopic (exact) mass is 277 g/mol. The summed E-state index contributed by atoms with van der Waals surface area (Å²) in [5.74, 6) is -1.06. The molecule has 0 aliphatic rings. The zero-order valence-electron chi connectivity index (χ0n) is 11.4. The predicted molar refractivity (Wildman–Crippen MR) is 72.0 cm³/mol. The third-order valence-electron chi connectivity index (χ3n) is 2.36. The molecule has 20 heavy (non-hydrogen) atoms. The summed E-state index contributed by atoms with van der Waals surface area (Å²) in [4.78, 5) is 26.8. The molecule has 106 valence electrons. The number of imidazole rings is 1. The lowest BCUT2D eigenvalue weighted by molar-refractivity contribution is 0.0631. The Balaban J connectivity index is 2.36. The predicted octanol–water partition coefficient (Wildman–Crippen LogP) is 2.38. The number of carbonyl (C=O) groups excluding carboxylic acids is 1. The van der Waals surface area contributed by atoms with Gasteiger partial charge in [-0.15, -0.1) is 0 Å². The fourth-order valence-corrected chi connectivity index (χ4v) is 1.68. The van der Waals surface area contributed by atoms with Gasteiger partial charge in [0.2, 0.25) is 5.95 Å². The van der Waals surface area contributed by atoms with Gasteiger partial charge in [-0.3, -0.25) is 9.72 Å². The van der Waals surface area contributed by atoms with Crippen LogP contribution in [-0.4, -0.2) is 32.2 Å². The van der Waals surface area contributed by atoms with Gasteiger partial charge < -0.3 is 9.84 Å². The molecule has 0 bridgehead atoms. The fraction of sp³-hybridized carbons (Fsp3) is 0.308. The Morgan fingerprint density at radius 1 is 1.35 bits per heavy atom. The number of aromatic carboxylic acids is 1. The van der Waals surface area contributed by atoms with Crippen LogP contribution in [0.15, 0.2) is 24.4 Å². The Kier molecular flexibility index (Phi) is 3.35. The molecule has 2 N–H and O–H groups in total. The van der Waals surface area contributed by atoms with Gasteiger partial charge in [0.15, 0.2) is 5.69 Å². The number of pyridine rings is 1. The molecule has 0 atom stereocenters. The highest BCUT2D eigenvalue weighted by Gasteiger charge is 2.20. The summed E-state index contributed by atoms with van der Waals surface area (Å²) < 4.78 is 6.59. The normalized spacial score (nSPS) is 11.3. The van der Waals surface area contributed by atoms with Crippen molar-refractivity contribution in [3.63, 3.8) is 0 Å². The molecule has 7 nitrogen and oxygen atoms in total. The minimum Gasteiger partial charge on any atom is -0.476 e. The number of nitrogens with zero attached hydrogens (tertiary/aromatic N) is 2. The van der Waals surface area contributed by atoms with Crippen LogP contribution in [-0.2, 0) is 4.74 Å². The van der Waals surface area contributed by atoms with E-state index in [0.29, 0.717) is 5.52 Å². The maximum Gasteiger partial charge on any atom is 0.414 e. The number of fused-ring (bicyclic) bond motifs is 1. The van der Waals surface area contributed by atoms with Crippen LogP contribution in [0.1, 0.15) is 31.3 Å². The molecule has 0 saturated heterocycles. The second kappa shape index (κ2) is 4.84. The lowest BCUT2D eigenvalue weighted by Gasteiger charge is -2.19. The summed E-state index contributed by atoms with van der Waals surface area (Å²) in [6, 6.07) is 5.01. The number of ether oxygens (including phenoxy) is 1. The molecule has 0 fully saturated rings. The summed E-state index contributed by atoms with van der Waals surface area (Å²) in [6.07, 6.45) is 0.923. The van der Waals surface area contributed by atoms with Crippen LogP contribution in [0.2, 0.25) is 0 Å². The lowest BCUT2D eigenvalue weighted by Crippen LogP contribution is -2.27. The van der Waals surface area contributed by atoms with E-state index in [1.54, 1.807) is 45.2 Å². The fourth-order valence-electron chi connectivity index (χ4n) is 1.68. The largest absolute Gasteiger partial charge is 0.476 e. The number of rotatable bonds is 2. The molecule has 0 saturated carbocycles. The highest BCUT2D eigenvalue weighted by molar-refractivity contribution is 5.95. The van der Waals surface area contributed by atoms with E-state index in [2.05, 4.69) is 10.3 Å². The van der Waals surface area contributed by atoms with E-state index in [0.717, 1.165) is 0 Å². The van der Waals surface area contributed by atoms with Crippen molar-refractivity contribution < 1.29 is 19.4 Å². The number of anilines is 1. The van der Waals surface area contributed by atoms with Crippen molar-refractivity contribution >= 4 is 23.5 Å². The van der Waals surface area contributed by atoms with Crippen LogP contribution in [0.5, 0.6) is 0 Å². The molecule has 2 aromatic heterocycles. The molecule has 2 heterocycles. The van der Waals surface area contributed by atoms with Crippen molar-refractivity contribution in [1.82, 2.24) is 9.38 Å². The molecular formula is C13H15N3O4. The lowest BCUT2D eigenvalue weighted by atomic mass is 10.2. The summed E-state index contributed by atoms with van der Waals surface area (Å²) >= 11 is 0. The van der Waals surface area contributed by atoms with E-state index in [-0.39, 0.29) is 11.6 Å². The van der Waals surface area contributed by atoms with Crippen molar-refractivity contribution in [3.8, 4) is 0 Å². The highest BCUT2D eigenvalue weighted by Crippen LogP contribution is 2.17. The van der Waals surface area contributed by atoms with Gasteiger partial charge >= 0.3 is 12.1 Å². The van der Waals surface area contributed by atoms with Gasteiger partial charge in [-0.05, 0) is 32.9 Å². The minimum absolute atomic E-state index is 0.104. The molecule has 7 heteroatoms. The highest BCUT2D eigenvalue weighted by atomic mass is 16.6. The minimum atomic E-state index is -1.16. The molecule has 0 unspecified atom stereocenters. The quantitative estimate of drug-likeness (QED) is 0.879. The second-order valence-electron chi connectivity index (χ2n) is 5.17. The molecule has 0 aliphatic heterocycles. The third kappa shape index (κ3) is 2.87. The number of carboxylic acids is 1. The van der Waals surface area contributed by atoms with Crippen LogP contribution in [0, 0.1) is 0 Å². The number of carboxylic acid groups (broad SMARTS) is 1. The zero-order chi connectivity index (χ0) is 14.9. The smallest absolute Gasteiger partial charge is 0.414 e. The van der Waals surface area contributed by atoms with Gasteiger partial charge in [0.1, 0.15) is 5.60 Å². The molecule has 2 aromatic rings.